The smallest absolute Gasteiger partial charge is 0.133 e. The van der Waals surface area contributed by atoms with E-state index in [2.05, 4.69) is 29.5 Å². The van der Waals surface area contributed by atoms with Gasteiger partial charge in [0.2, 0.25) is 0 Å². The summed E-state index contributed by atoms with van der Waals surface area (Å²) in [7, 11) is 0. The largest absolute Gasteiger partial charge is 0.309 e. The highest BCUT2D eigenvalue weighted by Gasteiger charge is 2.11. The highest BCUT2D eigenvalue weighted by molar-refractivity contribution is 7.20. The quantitative estimate of drug-likeness (QED) is 0.870. The van der Waals surface area contributed by atoms with Crippen LogP contribution in [-0.2, 0) is 0 Å². The van der Waals surface area contributed by atoms with Crippen molar-refractivity contribution in [2.24, 2.45) is 0 Å². The molecular formula is C12H15ClN2S2. The van der Waals surface area contributed by atoms with Crippen molar-refractivity contribution in [3.63, 3.8) is 0 Å². The predicted octanol–water partition coefficient (Wildman–Crippen LogP) is 4.59. The molecule has 2 rings (SSSR count). The molecule has 1 atom stereocenters. The normalized spacial score (nSPS) is 12.9. The topological polar surface area (TPSA) is 24.9 Å². The molecule has 0 radical (unpaired) electrons. The fourth-order valence-electron chi connectivity index (χ4n) is 1.49. The van der Waals surface area contributed by atoms with Crippen LogP contribution in [0.15, 0.2) is 16.8 Å². The summed E-state index contributed by atoms with van der Waals surface area (Å²) in [5, 5.41) is 9.35. The summed E-state index contributed by atoms with van der Waals surface area (Å²) < 4.78 is 0. The number of aromatic nitrogens is 1. The van der Waals surface area contributed by atoms with E-state index in [1.54, 1.807) is 22.7 Å². The second-order valence-corrected chi connectivity index (χ2v) is 6.09. The first-order valence-corrected chi connectivity index (χ1v) is 7.77. The van der Waals surface area contributed by atoms with Gasteiger partial charge in [-0.3, -0.25) is 0 Å². The number of hydrogen-bond acceptors (Lipinski definition) is 4. The van der Waals surface area contributed by atoms with Crippen LogP contribution >= 0.6 is 34.3 Å². The summed E-state index contributed by atoms with van der Waals surface area (Å²) in [6.07, 6.45) is 1.14. The summed E-state index contributed by atoms with van der Waals surface area (Å²) in [6, 6.07) is 2.29. The lowest BCUT2D eigenvalue weighted by Gasteiger charge is -2.09. The Labute approximate surface area is 115 Å². The fraction of sp³-hybridized carbons (Fsp3) is 0.417. The molecule has 0 saturated heterocycles. The zero-order valence-corrected chi connectivity index (χ0v) is 12.3. The summed E-state index contributed by atoms with van der Waals surface area (Å²) in [5.74, 6) is 0. The first-order valence-electron chi connectivity index (χ1n) is 5.64. The molecule has 2 nitrogen and oxygen atoms in total. The average Bonchev–Trinajstić information content (AvgIpc) is 2.93. The van der Waals surface area contributed by atoms with Crippen molar-refractivity contribution in [1.82, 2.24) is 10.3 Å². The first-order chi connectivity index (χ1) is 8.20. The highest BCUT2D eigenvalue weighted by atomic mass is 35.5. The van der Waals surface area contributed by atoms with E-state index in [9.17, 15) is 0 Å². The number of nitrogens with one attached hydrogen (secondary N) is 1. The lowest BCUT2D eigenvalue weighted by atomic mass is 10.2. The molecule has 2 heterocycles. The number of thiophene rings is 1. The molecule has 17 heavy (non-hydrogen) atoms. The molecule has 0 bridgehead atoms. The SMILES string of the molecule is CCCNC(C)c1csc(-c2cc(Cl)cs2)n1. The molecule has 0 spiro atoms. The van der Waals surface area contributed by atoms with Crippen molar-refractivity contribution < 1.29 is 0 Å². The van der Waals surface area contributed by atoms with Gasteiger partial charge in [0, 0.05) is 16.8 Å². The van der Waals surface area contributed by atoms with E-state index in [1.165, 1.54) is 0 Å². The van der Waals surface area contributed by atoms with Crippen LogP contribution in [0.1, 0.15) is 32.0 Å². The Bertz CT molecular complexity index is 478. The number of rotatable bonds is 5. The van der Waals surface area contributed by atoms with Gasteiger partial charge in [-0.15, -0.1) is 22.7 Å². The lowest BCUT2D eigenvalue weighted by Crippen LogP contribution is -2.19. The van der Waals surface area contributed by atoms with Crippen LogP contribution in [0.5, 0.6) is 0 Å². The zero-order chi connectivity index (χ0) is 12.3. The second kappa shape index (κ2) is 5.96. The average molecular weight is 287 g/mol. The Morgan fingerprint density at radius 2 is 2.24 bits per heavy atom. The molecule has 2 aromatic heterocycles. The van der Waals surface area contributed by atoms with Gasteiger partial charge in [-0.1, -0.05) is 18.5 Å². The Kier molecular flexibility index (Phi) is 4.56. The minimum atomic E-state index is 0.315. The lowest BCUT2D eigenvalue weighted by molar-refractivity contribution is 0.561. The molecule has 1 N–H and O–H groups in total. The molecule has 2 aromatic rings. The van der Waals surface area contributed by atoms with E-state index in [1.807, 2.05) is 11.4 Å². The van der Waals surface area contributed by atoms with Crippen molar-refractivity contribution in [3.8, 4) is 9.88 Å². The van der Waals surface area contributed by atoms with Crippen LogP contribution in [0.4, 0.5) is 0 Å². The first kappa shape index (κ1) is 13.0. The van der Waals surface area contributed by atoms with Crippen LogP contribution in [0, 0.1) is 0 Å². The molecule has 5 heteroatoms. The Morgan fingerprint density at radius 3 is 2.88 bits per heavy atom. The van der Waals surface area contributed by atoms with Crippen LogP contribution in [0.3, 0.4) is 0 Å². The van der Waals surface area contributed by atoms with Gasteiger partial charge in [-0.25, -0.2) is 4.98 Å². The van der Waals surface area contributed by atoms with Crippen LogP contribution in [-0.4, -0.2) is 11.5 Å². The number of thiazole rings is 1. The second-order valence-electron chi connectivity index (χ2n) is 3.88. The van der Waals surface area contributed by atoms with E-state index in [-0.39, 0.29) is 0 Å². The van der Waals surface area contributed by atoms with Crippen molar-refractivity contribution in [1.29, 1.82) is 0 Å². The van der Waals surface area contributed by atoms with Crippen molar-refractivity contribution in [3.05, 3.63) is 27.5 Å². The standard InChI is InChI=1S/C12H15ClN2S2/c1-3-4-14-8(2)10-7-17-12(15-10)11-5-9(13)6-16-11/h5-8,14H,3-4H2,1-2H3. The molecule has 0 aliphatic carbocycles. The Balaban J connectivity index is 2.10. The van der Waals surface area contributed by atoms with Crippen LogP contribution in [0.25, 0.3) is 9.88 Å². The number of hydrogen-bond donors (Lipinski definition) is 1. The van der Waals surface area contributed by atoms with Crippen LogP contribution in [0.2, 0.25) is 5.02 Å². The van der Waals surface area contributed by atoms with Gasteiger partial charge < -0.3 is 5.32 Å². The third kappa shape index (κ3) is 3.28. The van der Waals surface area contributed by atoms with Gasteiger partial charge in [0.15, 0.2) is 0 Å². The third-order valence-corrected chi connectivity index (χ3v) is 4.75. The summed E-state index contributed by atoms with van der Waals surface area (Å²) >= 11 is 9.24. The van der Waals surface area contributed by atoms with Crippen molar-refractivity contribution >= 4 is 34.3 Å². The molecule has 0 saturated carbocycles. The molecular weight excluding hydrogens is 272 g/mol. The zero-order valence-electron chi connectivity index (χ0n) is 9.87. The van der Waals surface area contributed by atoms with Gasteiger partial charge in [0.25, 0.3) is 0 Å². The third-order valence-electron chi connectivity index (χ3n) is 2.44. The Hall–Kier alpha value is -0.420. The molecule has 92 valence electrons. The maximum atomic E-state index is 5.92. The molecule has 0 aliphatic heterocycles. The highest BCUT2D eigenvalue weighted by Crippen LogP contribution is 2.32. The predicted molar refractivity (Wildman–Crippen MR) is 77.1 cm³/mol. The molecule has 0 aliphatic rings. The van der Waals surface area contributed by atoms with E-state index >= 15 is 0 Å². The summed E-state index contributed by atoms with van der Waals surface area (Å²) in [6.45, 7) is 5.34. The van der Waals surface area contributed by atoms with Gasteiger partial charge >= 0.3 is 0 Å². The van der Waals surface area contributed by atoms with E-state index < -0.39 is 0 Å². The molecule has 1 unspecified atom stereocenters. The summed E-state index contributed by atoms with van der Waals surface area (Å²) in [5.41, 5.74) is 1.11. The van der Waals surface area contributed by atoms with Crippen molar-refractivity contribution in [2.75, 3.05) is 6.54 Å². The van der Waals surface area contributed by atoms with Crippen LogP contribution < -0.4 is 5.32 Å². The summed E-state index contributed by atoms with van der Waals surface area (Å²) in [4.78, 5) is 5.80. The van der Waals surface area contributed by atoms with E-state index in [4.69, 9.17) is 11.6 Å². The van der Waals surface area contributed by atoms with Crippen molar-refractivity contribution in [2.45, 2.75) is 26.3 Å². The molecule has 0 fully saturated rings. The molecule has 0 aromatic carbocycles. The van der Waals surface area contributed by atoms with Gasteiger partial charge in [0.1, 0.15) is 5.01 Å². The monoisotopic (exact) mass is 286 g/mol. The minimum absolute atomic E-state index is 0.315. The minimum Gasteiger partial charge on any atom is -0.309 e. The number of halogens is 1. The number of nitrogens with zero attached hydrogens (tertiary/aromatic N) is 1. The Morgan fingerprint density at radius 1 is 1.41 bits per heavy atom. The fourth-order valence-corrected chi connectivity index (χ4v) is 3.56. The van der Waals surface area contributed by atoms with Gasteiger partial charge in [0.05, 0.1) is 15.6 Å². The van der Waals surface area contributed by atoms with E-state index in [0.29, 0.717) is 6.04 Å². The molecule has 0 amide bonds. The van der Waals surface area contributed by atoms with E-state index in [0.717, 1.165) is 33.6 Å². The maximum absolute atomic E-state index is 5.92. The maximum Gasteiger partial charge on any atom is 0.133 e. The van der Waals surface area contributed by atoms with Gasteiger partial charge in [-0.2, -0.15) is 0 Å². The van der Waals surface area contributed by atoms with Gasteiger partial charge in [-0.05, 0) is 26.0 Å².